The van der Waals surface area contributed by atoms with Crippen LogP contribution in [0.4, 0.5) is 5.69 Å². The standard InChI is InChI=1S/C18H29BrN2/c1-5-18(6-2)9-11-21(12-10-18)17-8-7-15(13-16(17)19)14(3)20-4/h7-8,13-14,20H,5-6,9-12H2,1-4H3. The molecule has 0 aromatic heterocycles. The van der Waals surface area contributed by atoms with Crippen LogP contribution in [0.2, 0.25) is 0 Å². The van der Waals surface area contributed by atoms with Crippen molar-refractivity contribution in [1.82, 2.24) is 5.32 Å². The maximum atomic E-state index is 3.77. The maximum Gasteiger partial charge on any atom is 0.0510 e. The number of hydrogen-bond acceptors (Lipinski definition) is 2. The van der Waals surface area contributed by atoms with Crippen molar-refractivity contribution in [1.29, 1.82) is 0 Å². The zero-order chi connectivity index (χ0) is 15.5. The van der Waals surface area contributed by atoms with Crippen molar-refractivity contribution in [3.63, 3.8) is 0 Å². The molecular formula is C18H29BrN2. The molecule has 1 unspecified atom stereocenters. The predicted octanol–water partition coefficient (Wildman–Crippen LogP) is 5.14. The summed E-state index contributed by atoms with van der Waals surface area (Å²) in [6.07, 6.45) is 5.27. The summed E-state index contributed by atoms with van der Waals surface area (Å²) in [5.74, 6) is 0. The van der Waals surface area contributed by atoms with E-state index in [0.717, 1.165) is 0 Å². The van der Waals surface area contributed by atoms with Gasteiger partial charge in [0.25, 0.3) is 0 Å². The first-order valence-corrected chi connectivity index (χ1v) is 9.06. The Bertz CT molecular complexity index is 458. The average molecular weight is 353 g/mol. The Morgan fingerprint density at radius 2 is 1.86 bits per heavy atom. The number of nitrogens with zero attached hydrogens (tertiary/aromatic N) is 1. The van der Waals surface area contributed by atoms with E-state index in [1.807, 2.05) is 7.05 Å². The van der Waals surface area contributed by atoms with Crippen molar-refractivity contribution in [2.45, 2.75) is 52.5 Å². The minimum atomic E-state index is 0.393. The first-order valence-electron chi connectivity index (χ1n) is 8.27. The summed E-state index contributed by atoms with van der Waals surface area (Å²) in [5.41, 5.74) is 3.27. The van der Waals surface area contributed by atoms with Gasteiger partial charge in [-0.1, -0.05) is 32.8 Å². The van der Waals surface area contributed by atoms with Gasteiger partial charge in [-0.3, -0.25) is 0 Å². The highest BCUT2D eigenvalue weighted by atomic mass is 79.9. The molecule has 1 aliphatic rings. The lowest BCUT2D eigenvalue weighted by Crippen LogP contribution is -2.39. The van der Waals surface area contributed by atoms with Gasteiger partial charge in [-0.2, -0.15) is 0 Å². The minimum absolute atomic E-state index is 0.393. The Morgan fingerprint density at radius 1 is 1.24 bits per heavy atom. The molecule has 0 amide bonds. The topological polar surface area (TPSA) is 15.3 Å². The summed E-state index contributed by atoms with van der Waals surface area (Å²) in [4.78, 5) is 2.54. The van der Waals surface area contributed by atoms with Crippen molar-refractivity contribution < 1.29 is 0 Å². The van der Waals surface area contributed by atoms with Gasteiger partial charge >= 0.3 is 0 Å². The molecule has 0 bridgehead atoms. The fourth-order valence-electron chi connectivity index (χ4n) is 3.39. The van der Waals surface area contributed by atoms with E-state index in [-0.39, 0.29) is 0 Å². The van der Waals surface area contributed by atoms with E-state index >= 15 is 0 Å². The minimum Gasteiger partial charge on any atom is -0.371 e. The number of hydrogen-bond donors (Lipinski definition) is 1. The lowest BCUT2D eigenvalue weighted by molar-refractivity contribution is 0.199. The largest absolute Gasteiger partial charge is 0.371 e. The van der Waals surface area contributed by atoms with Gasteiger partial charge in [0.15, 0.2) is 0 Å². The van der Waals surface area contributed by atoms with E-state index in [1.165, 1.54) is 54.5 Å². The molecule has 1 saturated heterocycles. The van der Waals surface area contributed by atoms with E-state index in [2.05, 4.69) is 65.1 Å². The zero-order valence-corrected chi connectivity index (χ0v) is 15.5. The van der Waals surface area contributed by atoms with Gasteiger partial charge in [-0.25, -0.2) is 0 Å². The van der Waals surface area contributed by atoms with E-state index in [0.29, 0.717) is 11.5 Å². The first-order chi connectivity index (χ1) is 10.0. The van der Waals surface area contributed by atoms with Crippen LogP contribution in [-0.4, -0.2) is 20.1 Å². The van der Waals surface area contributed by atoms with E-state index < -0.39 is 0 Å². The van der Waals surface area contributed by atoms with Crippen LogP contribution in [0.5, 0.6) is 0 Å². The molecule has 0 saturated carbocycles. The van der Waals surface area contributed by atoms with E-state index in [9.17, 15) is 0 Å². The number of nitrogens with one attached hydrogen (secondary N) is 1. The van der Waals surface area contributed by atoms with Gasteiger partial charge in [0, 0.05) is 23.6 Å². The second-order valence-electron chi connectivity index (χ2n) is 6.42. The van der Waals surface area contributed by atoms with Crippen LogP contribution in [0.3, 0.4) is 0 Å². The van der Waals surface area contributed by atoms with Crippen molar-refractivity contribution >= 4 is 21.6 Å². The van der Waals surface area contributed by atoms with Gasteiger partial charge in [0.1, 0.15) is 0 Å². The molecule has 1 heterocycles. The predicted molar refractivity (Wildman–Crippen MR) is 96.1 cm³/mol. The quantitative estimate of drug-likeness (QED) is 0.789. The third-order valence-electron chi connectivity index (χ3n) is 5.57. The van der Waals surface area contributed by atoms with Gasteiger partial charge in [0.05, 0.1) is 5.69 Å². The number of benzene rings is 1. The number of halogens is 1. The molecule has 1 fully saturated rings. The molecule has 2 rings (SSSR count). The molecule has 1 aliphatic heterocycles. The molecule has 0 aliphatic carbocycles. The molecule has 118 valence electrons. The third kappa shape index (κ3) is 3.62. The second-order valence-corrected chi connectivity index (χ2v) is 7.27. The second kappa shape index (κ2) is 7.15. The molecule has 21 heavy (non-hydrogen) atoms. The summed E-state index contributed by atoms with van der Waals surface area (Å²) in [5, 5.41) is 3.30. The molecule has 1 atom stereocenters. The van der Waals surface area contributed by atoms with Crippen LogP contribution in [0.25, 0.3) is 0 Å². The van der Waals surface area contributed by atoms with Gasteiger partial charge < -0.3 is 10.2 Å². The molecular weight excluding hydrogens is 324 g/mol. The van der Waals surface area contributed by atoms with E-state index in [4.69, 9.17) is 0 Å². The lowest BCUT2D eigenvalue weighted by atomic mass is 9.74. The summed E-state index contributed by atoms with van der Waals surface area (Å²) >= 11 is 3.77. The average Bonchev–Trinajstić information content (AvgIpc) is 2.54. The van der Waals surface area contributed by atoms with Crippen LogP contribution < -0.4 is 10.2 Å². The monoisotopic (exact) mass is 352 g/mol. The van der Waals surface area contributed by atoms with Crippen LogP contribution in [0.1, 0.15) is 58.1 Å². The van der Waals surface area contributed by atoms with Crippen LogP contribution >= 0.6 is 15.9 Å². The van der Waals surface area contributed by atoms with Crippen LogP contribution in [-0.2, 0) is 0 Å². The Morgan fingerprint density at radius 3 is 2.33 bits per heavy atom. The van der Waals surface area contributed by atoms with Gasteiger partial charge in [0.2, 0.25) is 0 Å². The zero-order valence-electron chi connectivity index (χ0n) is 13.9. The van der Waals surface area contributed by atoms with Crippen molar-refractivity contribution in [2.24, 2.45) is 5.41 Å². The normalized spacial score (nSPS) is 19.6. The number of piperidine rings is 1. The maximum absolute atomic E-state index is 3.77. The molecule has 0 spiro atoms. The first kappa shape index (κ1) is 16.8. The molecule has 0 radical (unpaired) electrons. The van der Waals surface area contributed by atoms with Gasteiger partial charge in [-0.15, -0.1) is 0 Å². The Kier molecular flexibility index (Phi) is 5.73. The highest BCUT2D eigenvalue weighted by molar-refractivity contribution is 9.10. The molecule has 1 aromatic rings. The highest BCUT2D eigenvalue weighted by Gasteiger charge is 2.31. The van der Waals surface area contributed by atoms with Crippen LogP contribution in [0, 0.1) is 5.41 Å². The molecule has 3 heteroatoms. The molecule has 1 N–H and O–H groups in total. The highest BCUT2D eigenvalue weighted by Crippen LogP contribution is 2.40. The van der Waals surface area contributed by atoms with E-state index in [1.54, 1.807) is 0 Å². The SMILES string of the molecule is CCC1(CC)CCN(c2ccc(C(C)NC)cc2Br)CC1. The summed E-state index contributed by atoms with van der Waals surface area (Å²) < 4.78 is 1.22. The summed E-state index contributed by atoms with van der Waals surface area (Å²) in [6.45, 7) is 9.26. The molecule has 2 nitrogen and oxygen atoms in total. The lowest BCUT2D eigenvalue weighted by Gasteiger charge is -2.42. The molecule has 1 aromatic carbocycles. The van der Waals surface area contributed by atoms with Crippen molar-refractivity contribution in [3.05, 3.63) is 28.2 Å². The summed E-state index contributed by atoms with van der Waals surface area (Å²) in [6, 6.07) is 7.18. The fourth-order valence-corrected chi connectivity index (χ4v) is 4.04. The third-order valence-corrected chi connectivity index (χ3v) is 6.20. The van der Waals surface area contributed by atoms with Crippen molar-refractivity contribution in [3.8, 4) is 0 Å². The fraction of sp³-hybridized carbons (Fsp3) is 0.667. The van der Waals surface area contributed by atoms with Crippen molar-refractivity contribution in [2.75, 3.05) is 25.0 Å². The number of anilines is 1. The number of rotatable bonds is 5. The summed E-state index contributed by atoms with van der Waals surface area (Å²) in [7, 11) is 2.01. The van der Waals surface area contributed by atoms with Gasteiger partial charge in [-0.05, 0) is 65.9 Å². The Balaban J connectivity index is 2.10. The Hall–Kier alpha value is -0.540. The Labute approximate surface area is 138 Å². The smallest absolute Gasteiger partial charge is 0.0510 e. The van der Waals surface area contributed by atoms with Crippen LogP contribution in [0.15, 0.2) is 22.7 Å².